The fraction of sp³-hybridized carbons (Fsp3) is 0.368. The van der Waals surface area contributed by atoms with Crippen LogP contribution in [0.1, 0.15) is 25.8 Å². The van der Waals surface area contributed by atoms with Gasteiger partial charge in [0.15, 0.2) is 0 Å². The molecular formula is C19H25BClN5O2. The predicted octanol–water partition coefficient (Wildman–Crippen LogP) is 1.51. The molecule has 2 rings (SSSR count). The number of nitrogens with zero attached hydrogens (tertiary/aromatic N) is 2. The van der Waals surface area contributed by atoms with Crippen LogP contribution in [-0.4, -0.2) is 50.7 Å². The van der Waals surface area contributed by atoms with E-state index in [1.807, 2.05) is 13.8 Å². The van der Waals surface area contributed by atoms with Crippen LogP contribution in [0.5, 0.6) is 5.75 Å². The van der Waals surface area contributed by atoms with Gasteiger partial charge in [0.05, 0.1) is 25.9 Å². The number of hydrogen-bond acceptors (Lipinski definition) is 5. The number of methoxy groups -OCH3 is 1. The highest BCUT2D eigenvalue weighted by molar-refractivity contribution is 6.38. The molecule has 1 heterocycles. The molecular weight excluding hydrogens is 377 g/mol. The molecule has 1 aromatic rings. The molecule has 0 bridgehead atoms. The van der Waals surface area contributed by atoms with Gasteiger partial charge in [-0.25, -0.2) is 9.79 Å². The second-order valence-electron chi connectivity index (χ2n) is 6.63. The summed E-state index contributed by atoms with van der Waals surface area (Å²) in [5, 5.41) is 3.31. The Balaban J connectivity index is 2.47. The van der Waals surface area contributed by atoms with Crippen LogP contribution in [0.15, 0.2) is 35.1 Å². The number of nitrogens with one attached hydrogen (secondary N) is 1. The lowest BCUT2D eigenvalue weighted by molar-refractivity contribution is 0.208. The molecule has 7 nitrogen and oxygen atoms in total. The first kappa shape index (κ1) is 21.7. The van der Waals surface area contributed by atoms with Crippen LogP contribution < -0.4 is 27.0 Å². The zero-order chi connectivity index (χ0) is 21.0. The van der Waals surface area contributed by atoms with E-state index in [-0.39, 0.29) is 31.0 Å². The van der Waals surface area contributed by atoms with Crippen LogP contribution in [-0.2, 0) is 0 Å². The van der Waals surface area contributed by atoms with Crippen molar-refractivity contribution in [3.63, 3.8) is 0 Å². The third-order valence-electron chi connectivity index (χ3n) is 4.52. The van der Waals surface area contributed by atoms with Crippen molar-refractivity contribution in [2.45, 2.75) is 26.3 Å². The average Bonchev–Trinajstić information content (AvgIpc) is 3.04. The van der Waals surface area contributed by atoms with E-state index in [4.69, 9.17) is 35.7 Å². The van der Waals surface area contributed by atoms with Crippen LogP contribution >= 0.6 is 11.6 Å². The fourth-order valence-electron chi connectivity index (χ4n) is 2.79. The molecule has 9 heteroatoms. The molecule has 2 radical (unpaired) electrons. The Morgan fingerprint density at radius 3 is 2.71 bits per heavy atom. The van der Waals surface area contributed by atoms with Gasteiger partial charge in [0.25, 0.3) is 0 Å². The summed E-state index contributed by atoms with van der Waals surface area (Å²) in [6, 6.07) is 3.09. The standard InChI is InChI=1S/C19H25BClN5O2/c1-5-10(2)24-19(27)26-8-13(16(9-26)25-11(3)22)18(23)12-6-17(28-4)14(20)7-15(12)21/h6-7,10H,3,5,8-9,22-23H2,1-2,4H3,(H,24,27)/b18-13-,25-16?. The van der Waals surface area contributed by atoms with Crippen molar-refractivity contribution in [1.82, 2.24) is 10.2 Å². The Hall–Kier alpha value is -2.61. The Bertz CT molecular complexity index is 853. The molecule has 28 heavy (non-hydrogen) atoms. The van der Waals surface area contributed by atoms with Crippen molar-refractivity contribution in [2.24, 2.45) is 16.5 Å². The van der Waals surface area contributed by atoms with E-state index in [1.165, 1.54) is 7.11 Å². The van der Waals surface area contributed by atoms with Crippen molar-refractivity contribution >= 4 is 42.3 Å². The summed E-state index contributed by atoms with van der Waals surface area (Å²) < 4.78 is 5.26. The number of benzene rings is 1. The number of rotatable bonds is 5. The van der Waals surface area contributed by atoms with E-state index in [1.54, 1.807) is 17.0 Å². The molecule has 1 aliphatic rings. The lowest BCUT2D eigenvalue weighted by atomic mass is 9.92. The lowest BCUT2D eigenvalue weighted by Crippen LogP contribution is -2.42. The third kappa shape index (κ3) is 4.81. The van der Waals surface area contributed by atoms with E-state index in [9.17, 15) is 4.79 Å². The summed E-state index contributed by atoms with van der Waals surface area (Å²) in [6.45, 7) is 8.09. The molecule has 1 aliphatic heterocycles. The molecule has 2 amide bonds. The number of carbonyl (C=O) groups is 1. The predicted molar refractivity (Wildman–Crippen MR) is 115 cm³/mol. The first-order valence-corrected chi connectivity index (χ1v) is 9.25. The quantitative estimate of drug-likeness (QED) is 0.650. The first-order valence-electron chi connectivity index (χ1n) is 8.87. The maximum atomic E-state index is 12.5. The Labute approximate surface area is 171 Å². The van der Waals surface area contributed by atoms with Gasteiger partial charge < -0.3 is 26.4 Å². The van der Waals surface area contributed by atoms with E-state index in [0.29, 0.717) is 38.8 Å². The van der Waals surface area contributed by atoms with Gasteiger partial charge in [-0.05, 0) is 25.5 Å². The van der Waals surface area contributed by atoms with Crippen molar-refractivity contribution in [2.75, 3.05) is 20.2 Å². The number of carbonyl (C=O) groups excluding carboxylic acids is 1. The summed E-state index contributed by atoms with van der Waals surface area (Å²) in [5.41, 5.74) is 14.6. The van der Waals surface area contributed by atoms with Gasteiger partial charge in [-0.1, -0.05) is 30.6 Å². The smallest absolute Gasteiger partial charge is 0.318 e. The Morgan fingerprint density at radius 1 is 1.46 bits per heavy atom. The second-order valence-corrected chi connectivity index (χ2v) is 7.04. The first-order chi connectivity index (χ1) is 13.2. The Morgan fingerprint density at radius 2 is 2.14 bits per heavy atom. The van der Waals surface area contributed by atoms with E-state index in [2.05, 4.69) is 16.9 Å². The fourth-order valence-corrected chi connectivity index (χ4v) is 3.07. The monoisotopic (exact) mass is 401 g/mol. The van der Waals surface area contributed by atoms with Crippen LogP contribution in [0.3, 0.4) is 0 Å². The highest BCUT2D eigenvalue weighted by Crippen LogP contribution is 2.29. The molecule has 0 spiro atoms. The van der Waals surface area contributed by atoms with Gasteiger partial charge in [0, 0.05) is 27.9 Å². The van der Waals surface area contributed by atoms with E-state index in [0.717, 1.165) is 6.42 Å². The number of likely N-dealkylation sites (tertiary alicyclic amines) is 1. The summed E-state index contributed by atoms with van der Waals surface area (Å²) >= 11 is 6.35. The molecule has 0 aromatic heterocycles. The van der Waals surface area contributed by atoms with Gasteiger partial charge in [0.2, 0.25) is 0 Å². The summed E-state index contributed by atoms with van der Waals surface area (Å²) in [5.74, 6) is 0.583. The number of aliphatic imine (C=N–C) groups is 1. The molecule has 1 fully saturated rings. The van der Waals surface area contributed by atoms with Gasteiger partial charge >= 0.3 is 6.03 Å². The summed E-state index contributed by atoms with van der Waals surface area (Å²) in [7, 11) is 7.40. The number of hydrogen-bond donors (Lipinski definition) is 3. The molecule has 148 valence electrons. The van der Waals surface area contributed by atoms with Gasteiger partial charge in [-0.15, -0.1) is 0 Å². The number of ether oxygens (including phenoxy) is 1. The molecule has 5 N–H and O–H groups in total. The number of amides is 2. The topological polar surface area (TPSA) is 106 Å². The number of halogens is 1. The lowest BCUT2D eigenvalue weighted by Gasteiger charge is -2.19. The third-order valence-corrected chi connectivity index (χ3v) is 4.83. The minimum absolute atomic E-state index is 0.0542. The van der Waals surface area contributed by atoms with E-state index < -0.39 is 0 Å². The van der Waals surface area contributed by atoms with Crippen molar-refractivity contribution in [1.29, 1.82) is 0 Å². The average molecular weight is 402 g/mol. The highest BCUT2D eigenvalue weighted by atomic mass is 35.5. The van der Waals surface area contributed by atoms with Gasteiger partial charge in [-0.2, -0.15) is 0 Å². The van der Waals surface area contributed by atoms with Crippen molar-refractivity contribution < 1.29 is 9.53 Å². The van der Waals surface area contributed by atoms with Crippen molar-refractivity contribution in [3.8, 4) is 5.75 Å². The number of nitrogens with two attached hydrogens (primary N) is 2. The minimum atomic E-state index is -0.200. The van der Waals surface area contributed by atoms with E-state index >= 15 is 0 Å². The SMILES string of the molecule is [B]c1cc(Cl)c(/C(N)=C2\CN(C(=O)NC(C)CC)CC2=NC(=C)N)cc1OC. The van der Waals surface area contributed by atoms with Crippen LogP contribution in [0.2, 0.25) is 5.02 Å². The second kappa shape index (κ2) is 9.06. The maximum Gasteiger partial charge on any atom is 0.318 e. The van der Waals surface area contributed by atoms with Gasteiger partial charge in [-0.3, -0.25) is 0 Å². The van der Waals surface area contributed by atoms with Crippen LogP contribution in [0, 0.1) is 0 Å². The zero-order valence-corrected chi connectivity index (χ0v) is 17.1. The molecule has 1 saturated heterocycles. The molecule has 1 atom stereocenters. The van der Waals surface area contributed by atoms with Crippen molar-refractivity contribution in [3.05, 3.63) is 40.7 Å². The molecule has 0 aliphatic carbocycles. The molecule has 1 aromatic carbocycles. The van der Waals surface area contributed by atoms with Crippen LogP contribution in [0.25, 0.3) is 5.70 Å². The highest BCUT2D eigenvalue weighted by Gasteiger charge is 2.30. The molecule has 0 saturated carbocycles. The number of urea groups is 1. The van der Waals surface area contributed by atoms with Crippen LogP contribution in [0.4, 0.5) is 4.79 Å². The maximum absolute atomic E-state index is 12.5. The minimum Gasteiger partial charge on any atom is -0.497 e. The Kier molecular flexibility index (Phi) is 7.02. The summed E-state index contributed by atoms with van der Waals surface area (Å²) in [4.78, 5) is 18.4. The largest absolute Gasteiger partial charge is 0.497 e. The van der Waals surface area contributed by atoms with Gasteiger partial charge in [0.1, 0.15) is 19.4 Å². The molecule has 1 unspecified atom stereocenters. The normalized spacial score (nSPS) is 18.1. The summed E-state index contributed by atoms with van der Waals surface area (Å²) in [6.07, 6.45) is 0.825. The zero-order valence-electron chi connectivity index (χ0n) is 16.4.